The lowest BCUT2D eigenvalue weighted by Gasteiger charge is -2.21. The average Bonchev–Trinajstić information content (AvgIpc) is 3.03. The van der Waals surface area contributed by atoms with Gasteiger partial charge in [0.15, 0.2) is 0 Å². The van der Waals surface area contributed by atoms with E-state index in [4.69, 9.17) is 4.74 Å². The lowest BCUT2D eigenvalue weighted by Crippen LogP contribution is -2.37. The molecule has 1 heterocycles. The second-order valence-corrected chi connectivity index (χ2v) is 5.94. The van der Waals surface area contributed by atoms with Crippen molar-refractivity contribution in [3.05, 3.63) is 71.5 Å². The summed E-state index contributed by atoms with van der Waals surface area (Å²) < 4.78 is 18.9. The Morgan fingerprint density at radius 1 is 1.25 bits per heavy atom. The van der Waals surface area contributed by atoms with Crippen molar-refractivity contribution < 1.29 is 19.0 Å². The molecule has 0 saturated carbocycles. The van der Waals surface area contributed by atoms with Crippen molar-refractivity contribution in [2.24, 2.45) is 0 Å². The van der Waals surface area contributed by atoms with Crippen LogP contribution in [-0.4, -0.2) is 23.7 Å². The van der Waals surface area contributed by atoms with Crippen molar-refractivity contribution in [3.8, 4) is 0 Å². The Morgan fingerprint density at radius 2 is 2.04 bits per heavy atom. The molecule has 2 aromatic carbocycles. The Hall–Kier alpha value is -2.24. The van der Waals surface area contributed by atoms with Crippen molar-refractivity contribution in [3.63, 3.8) is 0 Å². The zero-order chi connectivity index (χ0) is 16.9. The summed E-state index contributed by atoms with van der Waals surface area (Å²) in [6.07, 6.45) is -0.595. The molecule has 0 aromatic heterocycles. The van der Waals surface area contributed by atoms with Crippen molar-refractivity contribution in [2.75, 3.05) is 6.61 Å². The van der Waals surface area contributed by atoms with E-state index in [2.05, 4.69) is 5.32 Å². The summed E-state index contributed by atoms with van der Waals surface area (Å²) in [4.78, 5) is 12.2. The van der Waals surface area contributed by atoms with Crippen molar-refractivity contribution >= 4 is 5.91 Å². The Bertz CT molecular complexity index is 692. The highest BCUT2D eigenvalue weighted by molar-refractivity contribution is 5.77. The fourth-order valence-corrected chi connectivity index (χ4v) is 2.98. The van der Waals surface area contributed by atoms with Crippen LogP contribution in [0.1, 0.15) is 36.2 Å². The van der Waals surface area contributed by atoms with E-state index < -0.39 is 11.9 Å². The Kier molecular flexibility index (Phi) is 5.23. The van der Waals surface area contributed by atoms with Crippen LogP contribution in [0.2, 0.25) is 0 Å². The summed E-state index contributed by atoms with van der Waals surface area (Å²) in [6, 6.07) is 15.3. The maximum Gasteiger partial charge on any atom is 0.223 e. The molecule has 1 saturated heterocycles. The van der Waals surface area contributed by atoms with Crippen molar-refractivity contribution in [2.45, 2.75) is 31.1 Å². The number of ether oxygens (including phenoxy) is 1. The smallest absolute Gasteiger partial charge is 0.223 e. The van der Waals surface area contributed by atoms with Crippen LogP contribution >= 0.6 is 0 Å². The fraction of sp³-hybridized carbons (Fsp3) is 0.316. The molecule has 126 valence electrons. The Morgan fingerprint density at radius 3 is 2.79 bits per heavy atom. The molecule has 2 aromatic rings. The fourth-order valence-electron chi connectivity index (χ4n) is 2.98. The minimum Gasteiger partial charge on any atom is -0.388 e. The number of nitrogens with one attached hydrogen (secondary N) is 1. The quantitative estimate of drug-likeness (QED) is 0.887. The third-order valence-corrected chi connectivity index (χ3v) is 4.18. The largest absolute Gasteiger partial charge is 0.388 e. The number of benzene rings is 2. The molecule has 0 bridgehead atoms. The van der Waals surface area contributed by atoms with Crippen LogP contribution in [0, 0.1) is 5.82 Å². The minimum absolute atomic E-state index is 0.110. The molecule has 3 unspecified atom stereocenters. The van der Waals surface area contributed by atoms with Gasteiger partial charge in [0, 0.05) is 6.61 Å². The highest BCUT2D eigenvalue weighted by Crippen LogP contribution is 2.29. The molecular formula is C19H20FNO3. The van der Waals surface area contributed by atoms with Gasteiger partial charge in [-0.15, -0.1) is 0 Å². The zero-order valence-corrected chi connectivity index (χ0v) is 13.2. The molecule has 0 spiro atoms. The summed E-state index contributed by atoms with van der Waals surface area (Å²) in [5.74, 6) is -0.705. The van der Waals surface area contributed by atoms with Gasteiger partial charge >= 0.3 is 0 Å². The van der Waals surface area contributed by atoms with Crippen LogP contribution in [0.25, 0.3) is 0 Å². The number of carbonyl (C=O) groups excluding carboxylic acids is 1. The molecule has 5 heteroatoms. The predicted molar refractivity (Wildman–Crippen MR) is 87.7 cm³/mol. The first-order valence-corrected chi connectivity index (χ1v) is 8.03. The van der Waals surface area contributed by atoms with Gasteiger partial charge in [-0.2, -0.15) is 0 Å². The first-order valence-electron chi connectivity index (χ1n) is 8.03. The first kappa shape index (κ1) is 16.6. The number of aliphatic hydroxyl groups excluding tert-OH is 1. The summed E-state index contributed by atoms with van der Waals surface area (Å²) in [6.45, 7) is 0.580. The molecule has 1 fully saturated rings. The monoisotopic (exact) mass is 329 g/mol. The van der Waals surface area contributed by atoms with E-state index in [1.807, 2.05) is 30.3 Å². The van der Waals surface area contributed by atoms with Crippen LogP contribution in [-0.2, 0) is 9.53 Å². The maximum atomic E-state index is 13.2. The van der Waals surface area contributed by atoms with Crippen molar-refractivity contribution in [1.82, 2.24) is 5.32 Å². The Labute approximate surface area is 140 Å². The molecule has 1 aliphatic heterocycles. The second-order valence-electron chi connectivity index (χ2n) is 5.94. The molecule has 1 amide bonds. The maximum absolute atomic E-state index is 13.2. The van der Waals surface area contributed by atoms with Gasteiger partial charge in [-0.05, 0) is 29.7 Å². The van der Waals surface area contributed by atoms with Crippen LogP contribution in [0.5, 0.6) is 0 Å². The third kappa shape index (κ3) is 3.99. The van der Waals surface area contributed by atoms with Gasteiger partial charge in [-0.3, -0.25) is 4.79 Å². The SMILES string of the molecule is O=C(CC(O)c1cccc(F)c1)NC1CCOC1c1ccccc1. The number of hydrogen-bond donors (Lipinski definition) is 2. The predicted octanol–water partition coefficient (Wildman–Crippen LogP) is 2.90. The summed E-state index contributed by atoms with van der Waals surface area (Å²) in [7, 11) is 0. The molecule has 0 aliphatic carbocycles. The van der Waals surface area contributed by atoms with E-state index >= 15 is 0 Å². The van der Waals surface area contributed by atoms with E-state index in [0.717, 1.165) is 12.0 Å². The first-order chi connectivity index (χ1) is 11.6. The highest BCUT2D eigenvalue weighted by atomic mass is 19.1. The van der Waals surface area contributed by atoms with E-state index in [1.165, 1.54) is 18.2 Å². The van der Waals surface area contributed by atoms with E-state index in [9.17, 15) is 14.3 Å². The topological polar surface area (TPSA) is 58.6 Å². The summed E-state index contributed by atoms with van der Waals surface area (Å²) >= 11 is 0. The third-order valence-electron chi connectivity index (χ3n) is 4.18. The molecule has 24 heavy (non-hydrogen) atoms. The number of hydrogen-bond acceptors (Lipinski definition) is 3. The lowest BCUT2D eigenvalue weighted by molar-refractivity contribution is -0.124. The number of aliphatic hydroxyl groups is 1. The lowest BCUT2D eigenvalue weighted by atomic mass is 10.0. The highest BCUT2D eigenvalue weighted by Gasteiger charge is 2.31. The van der Waals surface area contributed by atoms with Gasteiger partial charge in [0.05, 0.1) is 18.6 Å². The molecule has 0 radical (unpaired) electrons. The van der Waals surface area contributed by atoms with Gasteiger partial charge in [-0.25, -0.2) is 4.39 Å². The zero-order valence-electron chi connectivity index (χ0n) is 13.2. The standard InChI is InChI=1S/C19H20FNO3/c20-15-8-4-7-14(11-15)17(22)12-18(23)21-16-9-10-24-19(16)13-5-2-1-3-6-13/h1-8,11,16-17,19,22H,9-10,12H2,(H,21,23). The van der Waals surface area contributed by atoms with Gasteiger partial charge in [-0.1, -0.05) is 42.5 Å². The molecule has 1 aliphatic rings. The summed E-state index contributed by atoms with van der Waals surface area (Å²) in [5, 5.41) is 13.0. The van der Waals surface area contributed by atoms with E-state index in [0.29, 0.717) is 12.2 Å². The normalized spacial score (nSPS) is 21.4. The van der Waals surface area contributed by atoms with Gasteiger partial charge < -0.3 is 15.2 Å². The van der Waals surface area contributed by atoms with Crippen LogP contribution in [0.4, 0.5) is 4.39 Å². The average molecular weight is 329 g/mol. The number of carbonyl (C=O) groups is 1. The van der Waals surface area contributed by atoms with Crippen LogP contribution in [0.15, 0.2) is 54.6 Å². The van der Waals surface area contributed by atoms with Crippen LogP contribution < -0.4 is 5.32 Å². The molecule has 4 nitrogen and oxygen atoms in total. The molecule has 3 rings (SSSR count). The Balaban J connectivity index is 1.60. The van der Waals surface area contributed by atoms with E-state index in [-0.39, 0.29) is 24.5 Å². The molecule has 2 N–H and O–H groups in total. The number of amides is 1. The van der Waals surface area contributed by atoms with E-state index in [1.54, 1.807) is 6.07 Å². The second kappa shape index (κ2) is 7.55. The van der Waals surface area contributed by atoms with Crippen molar-refractivity contribution in [1.29, 1.82) is 0 Å². The number of rotatable bonds is 5. The number of halogens is 1. The minimum atomic E-state index is -1.03. The van der Waals surface area contributed by atoms with Gasteiger partial charge in [0.1, 0.15) is 11.9 Å². The van der Waals surface area contributed by atoms with Gasteiger partial charge in [0.25, 0.3) is 0 Å². The summed E-state index contributed by atoms with van der Waals surface area (Å²) in [5.41, 5.74) is 1.42. The van der Waals surface area contributed by atoms with Gasteiger partial charge in [0.2, 0.25) is 5.91 Å². The van der Waals surface area contributed by atoms with Crippen LogP contribution in [0.3, 0.4) is 0 Å². The molecular weight excluding hydrogens is 309 g/mol. The molecule has 3 atom stereocenters.